The van der Waals surface area contributed by atoms with Crippen molar-refractivity contribution in [1.82, 2.24) is 9.55 Å². The molecule has 2 N–H and O–H groups in total. The van der Waals surface area contributed by atoms with Gasteiger partial charge in [0, 0.05) is 10.8 Å². The molecule has 1 aliphatic carbocycles. The van der Waals surface area contributed by atoms with Crippen LogP contribution in [0, 0.1) is 0 Å². The lowest BCUT2D eigenvalue weighted by atomic mass is 9.97. The summed E-state index contributed by atoms with van der Waals surface area (Å²) in [5, 5.41) is 0.706. The summed E-state index contributed by atoms with van der Waals surface area (Å²) in [4.78, 5) is 31.5. The van der Waals surface area contributed by atoms with E-state index in [-0.39, 0.29) is 11.5 Å². The first-order valence-corrected chi connectivity index (χ1v) is 8.59. The maximum Gasteiger partial charge on any atom is 0.263 e. The molecule has 5 nitrogen and oxygen atoms in total. The highest BCUT2D eigenvalue weighted by molar-refractivity contribution is 7.18. The summed E-state index contributed by atoms with van der Waals surface area (Å²) in [6.07, 6.45) is 4.23. The molecule has 0 bridgehead atoms. The minimum Gasteiger partial charge on any atom is -0.368 e. The van der Waals surface area contributed by atoms with Crippen LogP contribution in [0.4, 0.5) is 0 Å². The number of nitrogens with two attached hydrogens (primary N) is 1. The van der Waals surface area contributed by atoms with Crippen molar-refractivity contribution in [2.75, 3.05) is 0 Å². The molecule has 0 radical (unpaired) electrons. The molecule has 0 spiro atoms. The van der Waals surface area contributed by atoms with Gasteiger partial charge in [0.25, 0.3) is 5.56 Å². The van der Waals surface area contributed by atoms with Crippen molar-refractivity contribution in [3.63, 3.8) is 0 Å². The predicted molar refractivity (Wildman–Crippen MR) is 88.5 cm³/mol. The van der Waals surface area contributed by atoms with Crippen LogP contribution in [0.25, 0.3) is 10.2 Å². The second-order valence-corrected chi connectivity index (χ2v) is 7.35. The molecule has 0 fully saturated rings. The lowest BCUT2D eigenvalue weighted by Gasteiger charge is -2.19. The number of aryl methyl sites for hydroxylation is 2. The maximum absolute atomic E-state index is 13.1. The number of hydrogen-bond acceptors (Lipinski definition) is 4. The third-order valence-corrected chi connectivity index (χ3v) is 5.55. The molecule has 2 aromatic rings. The Balaban J connectivity index is 2.37. The fourth-order valence-electron chi connectivity index (χ4n) is 3.14. The quantitative estimate of drug-likeness (QED) is 0.944. The number of fused-ring (bicyclic) bond motifs is 3. The minimum absolute atomic E-state index is 0.0537. The first-order chi connectivity index (χ1) is 10.4. The average molecular weight is 319 g/mol. The summed E-state index contributed by atoms with van der Waals surface area (Å²) in [6, 6.07) is -0.680. The first kappa shape index (κ1) is 15.2. The summed E-state index contributed by atoms with van der Waals surface area (Å²) in [5.41, 5.74) is 6.47. The molecule has 2 aromatic heterocycles. The van der Waals surface area contributed by atoms with Crippen molar-refractivity contribution in [1.29, 1.82) is 0 Å². The van der Waals surface area contributed by atoms with Gasteiger partial charge >= 0.3 is 0 Å². The van der Waals surface area contributed by atoms with Gasteiger partial charge in [-0.05, 0) is 38.2 Å². The van der Waals surface area contributed by atoms with E-state index in [1.807, 2.05) is 13.8 Å². The van der Waals surface area contributed by atoms with Gasteiger partial charge in [0.05, 0.1) is 5.39 Å². The molecule has 0 aliphatic heterocycles. The number of amides is 1. The Morgan fingerprint density at radius 3 is 2.59 bits per heavy atom. The van der Waals surface area contributed by atoms with E-state index in [4.69, 9.17) is 10.7 Å². The fourth-order valence-corrected chi connectivity index (χ4v) is 4.40. The highest BCUT2D eigenvalue weighted by Gasteiger charge is 2.26. The third-order valence-electron chi connectivity index (χ3n) is 4.36. The number of thiophene rings is 1. The van der Waals surface area contributed by atoms with Gasteiger partial charge in [-0.1, -0.05) is 13.8 Å². The van der Waals surface area contributed by atoms with E-state index in [1.165, 1.54) is 15.9 Å². The van der Waals surface area contributed by atoms with E-state index in [0.29, 0.717) is 11.2 Å². The van der Waals surface area contributed by atoms with Crippen LogP contribution in [0.1, 0.15) is 61.8 Å². The number of nitrogens with zero attached hydrogens (tertiary/aromatic N) is 2. The van der Waals surface area contributed by atoms with Crippen LogP contribution >= 0.6 is 11.3 Å². The van der Waals surface area contributed by atoms with Crippen LogP contribution in [0.2, 0.25) is 0 Å². The van der Waals surface area contributed by atoms with E-state index >= 15 is 0 Å². The molecule has 1 atom stereocenters. The Labute approximate surface area is 133 Å². The molecule has 6 heteroatoms. The molecular weight excluding hydrogens is 298 g/mol. The van der Waals surface area contributed by atoms with Crippen LogP contribution in [0.15, 0.2) is 4.79 Å². The zero-order valence-electron chi connectivity index (χ0n) is 13.2. The van der Waals surface area contributed by atoms with E-state index in [0.717, 1.165) is 29.7 Å². The zero-order chi connectivity index (χ0) is 16.0. The van der Waals surface area contributed by atoms with Crippen LogP contribution in [0.3, 0.4) is 0 Å². The fraction of sp³-hybridized carbons (Fsp3) is 0.562. The highest BCUT2D eigenvalue weighted by atomic mass is 32.1. The van der Waals surface area contributed by atoms with Gasteiger partial charge in [0.15, 0.2) is 0 Å². The van der Waals surface area contributed by atoms with Crippen molar-refractivity contribution >= 4 is 27.5 Å². The van der Waals surface area contributed by atoms with Gasteiger partial charge in [0.1, 0.15) is 16.7 Å². The number of primary amides is 1. The van der Waals surface area contributed by atoms with Crippen molar-refractivity contribution in [3.8, 4) is 0 Å². The van der Waals surface area contributed by atoms with E-state index in [2.05, 4.69) is 0 Å². The number of aromatic nitrogens is 2. The average Bonchev–Trinajstić information content (AvgIpc) is 2.84. The molecule has 1 amide bonds. The summed E-state index contributed by atoms with van der Waals surface area (Å²) < 4.78 is 1.50. The second-order valence-electron chi connectivity index (χ2n) is 6.27. The molecule has 0 saturated heterocycles. The normalized spacial score (nSPS) is 16.0. The molecular formula is C16H21N3O2S. The van der Waals surface area contributed by atoms with Gasteiger partial charge < -0.3 is 5.73 Å². The largest absolute Gasteiger partial charge is 0.368 e. The highest BCUT2D eigenvalue weighted by Crippen LogP contribution is 2.34. The van der Waals surface area contributed by atoms with E-state index in [1.54, 1.807) is 18.3 Å². The predicted octanol–water partition coefficient (Wildman–Crippen LogP) is 2.51. The molecule has 3 rings (SSSR count). The second kappa shape index (κ2) is 5.50. The molecule has 1 aliphatic rings. The number of hydrogen-bond donors (Lipinski definition) is 1. The standard InChI is InChI=1S/C16H21N3O2S/c1-8(2)14-18-15-12(10-6-4-5-7-11(10)22-15)16(21)19(14)9(3)13(17)20/h8-9H,4-7H2,1-3H3,(H2,17,20). The maximum atomic E-state index is 13.1. The Hall–Kier alpha value is -1.69. The zero-order valence-corrected chi connectivity index (χ0v) is 14.0. The Kier molecular flexibility index (Phi) is 3.80. The molecule has 2 heterocycles. The van der Waals surface area contributed by atoms with Gasteiger partial charge in [-0.25, -0.2) is 4.98 Å². The van der Waals surface area contributed by atoms with Crippen LogP contribution < -0.4 is 11.3 Å². The summed E-state index contributed by atoms with van der Waals surface area (Å²) in [6.45, 7) is 5.62. The van der Waals surface area contributed by atoms with Crippen LogP contribution in [-0.4, -0.2) is 15.5 Å². The number of carbonyl (C=O) groups excluding carboxylic acids is 1. The Morgan fingerprint density at radius 2 is 1.95 bits per heavy atom. The number of carbonyl (C=O) groups is 1. The first-order valence-electron chi connectivity index (χ1n) is 7.77. The lowest BCUT2D eigenvalue weighted by Crippen LogP contribution is -2.35. The van der Waals surface area contributed by atoms with Crippen molar-refractivity contribution in [2.24, 2.45) is 5.73 Å². The summed E-state index contributed by atoms with van der Waals surface area (Å²) in [5.74, 6) is 0.190. The smallest absolute Gasteiger partial charge is 0.263 e. The summed E-state index contributed by atoms with van der Waals surface area (Å²) in [7, 11) is 0. The third kappa shape index (κ3) is 2.26. The topological polar surface area (TPSA) is 78.0 Å². The number of rotatable bonds is 3. The molecule has 0 aromatic carbocycles. The molecule has 1 unspecified atom stereocenters. The van der Waals surface area contributed by atoms with Gasteiger partial charge in [-0.15, -0.1) is 11.3 Å². The monoisotopic (exact) mass is 319 g/mol. The van der Waals surface area contributed by atoms with Crippen molar-refractivity contribution < 1.29 is 4.79 Å². The van der Waals surface area contributed by atoms with Crippen molar-refractivity contribution in [2.45, 2.75) is 58.4 Å². The minimum atomic E-state index is -0.680. The summed E-state index contributed by atoms with van der Waals surface area (Å²) >= 11 is 1.63. The van der Waals surface area contributed by atoms with Crippen LogP contribution in [-0.2, 0) is 17.6 Å². The van der Waals surface area contributed by atoms with Crippen LogP contribution in [0.5, 0.6) is 0 Å². The van der Waals surface area contributed by atoms with E-state index < -0.39 is 11.9 Å². The lowest BCUT2D eigenvalue weighted by molar-refractivity contribution is -0.120. The SMILES string of the molecule is CC(C)c1nc2sc3c(c2c(=O)n1C(C)C(N)=O)CCCC3. The van der Waals surface area contributed by atoms with Gasteiger partial charge in [0.2, 0.25) is 5.91 Å². The molecule has 0 saturated carbocycles. The Bertz CT molecular complexity index is 804. The van der Waals surface area contributed by atoms with Gasteiger partial charge in [-0.3, -0.25) is 14.2 Å². The molecule has 118 valence electrons. The Morgan fingerprint density at radius 1 is 1.27 bits per heavy atom. The van der Waals surface area contributed by atoms with E-state index in [9.17, 15) is 9.59 Å². The molecule has 22 heavy (non-hydrogen) atoms. The van der Waals surface area contributed by atoms with Gasteiger partial charge in [-0.2, -0.15) is 0 Å². The van der Waals surface area contributed by atoms with Crippen molar-refractivity contribution in [3.05, 3.63) is 26.6 Å².